The summed E-state index contributed by atoms with van der Waals surface area (Å²) in [6, 6.07) is 23.4. The SMILES string of the molecule is CC(C)(c1ccc(OCc2ccnc(N3CCN(C4CCN(C5CCC6(CC5)CN(c5ccc7c(c5)C(=O)N(C5CCC(=O)NC5=O)C7=O)C6)CC4)CC3)n2)cc1)c1cc(Cl)cc(C#N)c1. The Kier molecular flexibility index (Phi) is 11.8. The number of hydrogen-bond donors (Lipinski definition) is 1. The van der Waals surface area contributed by atoms with Gasteiger partial charge in [-0.25, -0.2) is 9.97 Å². The van der Waals surface area contributed by atoms with Crippen LogP contribution in [0.25, 0.3) is 0 Å². The molecule has 1 aliphatic carbocycles. The van der Waals surface area contributed by atoms with Crippen LogP contribution in [-0.4, -0.2) is 119 Å². The summed E-state index contributed by atoms with van der Waals surface area (Å²) in [5.74, 6) is -0.383. The highest BCUT2D eigenvalue weighted by molar-refractivity contribution is 6.30. The average molecular weight is 911 g/mol. The molecule has 5 fully saturated rings. The summed E-state index contributed by atoms with van der Waals surface area (Å²) in [6.07, 6.45) is 9.28. The quantitative estimate of drug-likeness (QED) is 0.177. The molecule has 1 atom stereocenters. The van der Waals surface area contributed by atoms with Crippen molar-refractivity contribution >= 4 is 46.9 Å². The summed E-state index contributed by atoms with van der Waals surface area (Å²) in [6.45, 7) is 12.6. The Bertz CT molecular complexity index is 2580. The van der Waals surface area contributed by atoms with E-state index in [-0.39, 0.29) is 29.6 Å². The van der Waals surface area contributed by atoms with E-state index in [0.29, 0.717) is 40.4 Å². The largest absolute Gasteiger partial charge is 0.487 e. The number of carbonyl (C=O) groups excluding carboxylic acids is 4. The van der Waals surface area contributed by atoms with E-state index >= 15 is 0 Å². The molecule has 6 heterocycles. The Balaban J connectivity index is 0.651. The maximum Gasteiger partial charge on any atom is 0.262 e. The number of benzene rings is 3. The lowest BCUT2D eigenvalue weighted by molar-refractivity contribution is -0.136. The summed E-state index contributed by atoms with van der Waals surface area (Å²) in [5, 5.41) is 12.3. The van der Waals surface area contributed by atoms with Crippen LogP contribution in [0.1, 0.15) is 108 Å². The number of carbonyl (C=O) groups is 4. The van der Waals surface area contributed by atoms with E-state index in [4.69, 9.17) is 21.3 Å². The van der Waals surface area contributed by atoms with Crippen molar-refractivity contribution in [2.75, 3.05) is 62.2 Å². The lowest BCUT2D eigenvalue weighted by atomic mass is 9.67. The summed E-state index contributed by atoms with van der Waals surface area (Å²) in [4.78, 5) is 71.3. The smallest absolute Gasteiger partial charge is 0.262 e. The molecule has 342 valence electrons. The van der Waals surface area contributed by atoms with Gasteiger partial charge in [0.15, 0.2) is 0 Å². The predicted molar refractivity (Wildman–Crippen MR) is 249 cm³/mol. The predicted octanol–water partition coefficient (Wildman–Crippen LogP) is 6.34. The van der Waals surface area contributed by atoms with Crippen molar-refractivity contribution in [2.24, 2.45) is 5.41 Å². The van der Waals surface area contributed by atoms with E-state index in [1.165, 1.54) is 38.5 Å². The summed E-state index contributed by atoms with van der Waals surface area (Å²) < 4.78 is 6.17. The molecule has 1 N–H and O–H groups in total. The second-order valence-corrected chi connectivity index (χ2v) is 20.1. The first-order valence-electron chi connectivity index (χ1n) is 23.5. The molecule has 6 aliphatic rings. The molecule has 5 aliphatic heterocycles. The molecular weight excluding hydrogens is 854 g/mol. The van der Waals surface area contributed by atoms with Gasteiger partial charge in [0.05, 0.1) is 28.5 Å². The summed E-state index contributed by atoms with van der Waals surface area (Å²) in [7, 11) is 0. The fourth-order valence-electron chi connectivity index (χ4n) is 11.3. The number of nitrogens with one attached hydrogen (secondary N) is 1. The first-order valence-corrected chi connectivity index (χ1v) is 23.8. The van der Waals surface area contributed by atoms with Gasteiger partial charge >= 0.3 is 0 Å². The van der Waals surface area contributed by atoms with E-state index in [9.17, 15) is 24.4 Å². The van der Waals surface area contributed by atoms with Gasteiger partial charge in [0.1, 0.15) is 18.4 Å². The van der Waals surface area contributed by atoms with Crippen molar-refractivity contribution in [1.29, 1.82) is 5.26 Å². The van der Waals surface area contributed by atoms with Crippen LogP contribution in [0.5, 0.6) is 5.75 Å². The standard InChI is InChI=1S/C51H56ClN9O5/c1-50(2,35-25-33(29-53)26-36(52)27-35)34-3-6-41(7-4-34)66-30-37-13-18-54-49(55-37)59-23-21-58(22-24-59)39-14-19-57(20-15-39)38-11-16-51(17-12-38)31-60(32-51)40-5-8-42-43(28-40)48(65)61(47(42)64)44-9-10-45(62)56-46(44)63/h3-8,13,18,25-28,38-39,44H,9-12,14-17,19-24,30-32H2,1-2H3,(H,56,62,63). The molecule has 4 saturated heterocycles. The normalized spacial score (nSPS) is 22.0. The summed E-state index contributed by atoms with van der Waals surface area (Å²) >= 11 is 6.32. The highest BCUT2D eigenvalue weighted by atomic mass is 35.5. The first-order chi connectivity index (χ1) is 31.9. The van der Waals surface area contributed by atoms with Gasteiger partial charge in [0, 0.05) is 85.5 Å². The van der Waals surface area contributed by atoms with Gasteiger partial charge < -0.3 is 19.4 Å². The highest BCUT2D eigenvalue weighted by Crippen LogP contribution is 2.47. The van der Waals surface area contributed by atoms with Crippen molar-refractivity contribution < 1.29 is 23.9 Å². The van der Waals surface area contributed by atoms with Crippen molar-refractivity contribution in [3.63, 3.8) is 0 Å². The zero-order valence-electron chi connectivity index (χ0n) is 37.7. The zero-order valence-corrected chi connectivity index (χ0v) is 38.4. The zero-order chi connectivity index (χ0) is 45.7. The van der Waals surface area contributed by atoms with Crippen molar-refractivity contribution in [2.45, 2.75) is 95.4 Å². The fraction of sp³-hybridized carbons (Fsp3) is 0.471. The number of imide groups is 2. The number of amides is 4. The second-order valence-electron chi connectivity index (χ2n) is 19.7. The molecule has 3 aromatic carbocycles. The number of likely N-dealkylation sites (tertiary alicyclic amines) is 1. The number of nitrogens with zero attached hydrogens (tertiary/aromatic N) is 8. The van der Waals surface area contributed by atoms with Crippen LogP contribution in [0, 0.1) is 16.7 Å². The van der Waals surface area contributed by atoms with Crippen LogP contribution in [0.4, 0.5) is 11.6 Å². The third-order valence-corrected chi connectivity index (χ3v) is 15.6. The van der Waals surface area contributed by atoms with Gasteiger partial charge in [0.2, 0.25) is 17.8 Å². The van der Waals surface area contributed by atoms with E-state index < -0.39 is 23.8 Å². The number of halogens is 1. The molecule has 0 radical (unpaired) electrons. The fourth-order valence-corrected chi connectivity index (χ4v) is 11.6. The van der Waals surface area contributed by atoms with Gasteiger partial charge in [-0.15, -0.1) is 0 Å². The molecule has 1 spiro atoms. The lowest BCUT2D eigenvalue weighted by Gasteiger charge is -2.56. The average Bonchev–Trinajstić information content (AvgIpc) is 3.57. The Morgan fingerprint density at radius 1 is 0.788 bits per heavy atom. The Labute approximate surface area is 390 Å². The van der Waals surface area contributed by atoms with Gasteiger partial charge in [-0.05, 0) is 124 Å². The third kappa shape index (κ3) is 8.53. The molecule has 0 bridgehead atoms. The minimum absolute atomic E-state index is 0.105. The first kappa shape index (κ1) is 44.0. The highest BCUT2D eigenvalue weighted by Gasteiger charge is 2.48. The number of ether oxygens (including phenoxy) is 1. The van der Waals surface area contributed by atoms with E-state index in [0.717, 1.165) is 91.5 Å². The number of piperazine rings is 1. The molecule has 4 aromatic rings. The number of piperidine rings is 2. The molecule has 15 heteroatoms. The van der Waals surface area contributed by atoms with E-state index in [2.05, 4.69) is 61.9 Å². The van der Waals surface area contributed by atoms with E-state index in [1.807, 2.05) is 48.7 Å². The number of hydrogen-bond acceptors (Lipinski definition) is 12. The minimum atomic E-state index is -0.956. The maximum absolute atomic E-state index is 13.4. The van der Waals surface area contributed by atoms with Gasteiger partial charge in [0.25, 0.3) is 11.8 Å². The molecule has 10 rings (SSSR count). The Morgan fingerprint density at radius 3 is 2.20 bits per heavy atom. The topological polar surface area (TPSA) is 155 Å². The number of nitriles is 1. The maximum atomic E-state index is 13.4. The molecule has 1 saturated carbocycles. The van der Waals surface area contributed by atoms with Gasteiger partial charge in [-0.2, -0.15) is 5.26 Å². The van der Waals surface area contributed by atoms with Gasteiger partial charge in [-0.1, -0.05) is 37.6 Å². The number of fused-ring (bicyclic) bond motifs is 1. The minimum Gasteiger partial charge on any atom is -0.487 e. The molecular formula is C51H56ClN9O5. The van der Waals surface area contributed by atoms with Crippen molar-refractivity contribution in [3.8, 4) is 11.8 Å². The monoisotopic (exact) mass is 909 g/mol. The number of aromatic nitrogens is 2. The van der Waals surface area contributed by atoms with Crippen LogP contribution >= 0.6 is 11.6 Å². The van der Waals surface area contributed by atoms with Crippen molar-refractivity contribution in [3.05, 3.63) is 111 Å². The lowest BCUT2D eigenvalue weighted by Crippen LogP contribution is -2.60. The molecule has 1 unspecified atom stereocenters. The number of rotatable bonds is 10. The Morgan fingerprint density at radius 2 is 1.48 bits per heavy atom. The van der Waals surface area contributed by atoms with Crippen LogP contribution in [-0.2, 0) is 21.6 Å². The van der Waals surface area contributed by atoms with Gasteiger partial charge in [-0.3, -0.25) is 34.3 Å². The second kappa shape index (κ2) is 17.7. The Hall–Kier alpha value is -5.88. The van der Waals surface area contributed by atoms with Crippen LogP contribution in [0.3, 0.4) is 0 Å². The molecule has 14 nitrogen and oxygen atoms in total. The van der Waals surface area contributed by atoms with Crippen LogP contribution < -0.4 is 19.9 Å². The molecule has 4 amide bonds. The molecule has 1 aromatic heterocycles. The van der Waals surface area contributed by atoms with E-state index in [1.54, 1.807) is 12.1 Å². The summed E-state index contributed by atoms with van der Waals surface area (Å²) in [5.41, 5.74) is 5.00. The van der Waals surface area contributed by atoms with Crippen LogP contribution in [0.15, 0.2) is 72.9 Å². The van der Waals surface area contributed by atoms with Crippen molar-refractivity contribution in [1.82, 2.24) is 30.0 Å². The molecule has 66 heavy (non-hydrogen) atoms. The number of anilines is 2. The van der Waals surface area contributed by atoms with Crippen LogP contribution in [0.2, 0.25) is 5.02 Å². The third-order valence-electron chi connectivity index (χ3n) is 15.4.